The van der Waals surface area contributed by atoms with Crippen LogP contribution in [0.3, 0.4) is 0 Å². The number of piperidine rings is 1. The molecule has 0 radical (unpaired) electrons. The number of carbonyl (C=O) groups is 2. The van der Waals surface area contributed by atoms with Gasteiger partial charge in [-0.15, -0.1) is 0 Å². The van der Waals surface area contributed by atoms with Crippen LogP contribution < -0.4 is 20.1 Å². The maximum atomic E-state index is 13.2. The van der Waals surface area contributed by atoms with E-state index in [-0.39, 0.29) is 17.9 Å². The van der Waals surface area contributed by atoms with E-state index in [1.165, 1.54) is 12.1 Å². The lowest BCUT2D eigenvalue weighted by molar-refractivity contribution is -0.137. The van der Waals surface area contributed by atoms with Gasteiger partial charge in [-0.1, -0.05) is 36.4 Å². The molecule has 0 aromatic heterocycles. The van der Waals surface area contributed by atoms with Crippen molar-refractivity contribution in [2.24, 2.45) is 0 Å². The predicted octanol–water partition coefficient (Wildman–Crippen LogP) is 7.28. The molecule has 3 aromatic carbocycles. The highest BCUT2D eigenvalue weighted by atomic mass is 19.4. The van der Waals surface area contributed by atoms with Gasteiger partial charge in [0, 0.05) is 43.2 Å². The fourth-order valence-electron chi connectivity index (χ4n) is 5.91. The summed E-state index contributed by atoms with van der Waals surface area (Å²) in [6.07, 6.45) is 0.962. The molecular formula is C37H46F3N3O4. The third-order valence-corrected chi connectivity index (χ3v) is 8.36. The molecule has 0 atom stereocenters. The minimum absolute atomic E-state index is 0.0313. The number of unbranched alkanes of at least 4 members (excludes halogenated alkanes) is 1. The molecule has 3 aromatic rings. The van der Waals surface area contributed by atoms with Crippen molar-refractivity contribution < 1.29 is 32.2 Å². The molecule has 7 nitrogen and oxygen atoms in total. The number of nitrogens with zero attached hydrogens (tertiary/aromatic N) is 1. The Morgan fingerprint density at radius 3 is 2.15 bits per heavy atom. The fourth-order valence-corrected chi connectivity index (χ4v) is 5.91. The second-order valence-corrected chi connectivity index (χ2v) is 11.7. The van der Waals surface area contributed by atoms with E-state index in [1.54, 1.807) is 24.3 Å². The number of hydrogen-bond acceptors (Lipinski definition) is 5. The lowest BCUT2D eigenvalue weighted by Crippen LogP contribution is -2.45. The smallest absolute Gasteiger partial charge is 0.416 e. The molecule has 1 saturated heterocycles. The van der Waals surface area contributed by atoms with E-state index in [9.17, 15) is 22.8 Å². The zero-order chi connectivity index (χ0) is 33.6. The number of likely N-dealkylation sites (tertiary alicyclic amines) is 1. The van der Waals surface area contributed by atoms with Gasteiger partial charge >= 0.3 is 6.18 Å². The topological polar surface area (TPSA) is 79.9 Å². The van der Waals surface area contributed by atoms with Crippen molar-refractivity contribution in [3.63, 3.8) is 0 Å². The van der Waals surface area contributed by atoms with Crippen molar-refractivity contribution in [2.75, 3.05) is 39.4 Å². The van der Waals surface area contributed by atoms with Gasteiger partial charge in [-0.05, 0) is 100 Å². The van der Waals surface area contributed by atoms with Gasteiger partial charge in [0.25, 0.3) is 5.91 Å². The first-order valence-electron chi connectivity index (χ1n) is 16.6. The number of amides is 2. The molecule has 4 rings (SSSR count). The summed E-state index contributed by atoms with van der Waals surface area (Å²) in [5.74, 6) is 1.45. The second-order valence-electron chi connectivity index (χ2n) is 11.7. The van der Waals surface area contributed by atoms with Gasteiger partial charge in [-0.2, -0.15) is 13.2 Å². The maximum Gasteiger partial charge on any atom is 0.416 e. The zero-order valence-electron chi connectivity index (χ0n) is 27.3. The van der Waals surface area contributed by atoms with Gasteiger partial charge in [0.1, 0.15) is 11.5 Å². The molecule has 1 fully saturated rings. The number of rotatable bonds is 16. The molecular weight excluding hydrogens is 607 g/mol. The summed E-state index contributed by atoms with van der Waals surface area (Å²) >= 11 is 0. The molecule has 0 bridgehead atoms. The van der Waals surface area contributed by atoms with Crippen LogP contribution in [0.2, 0.25) is 0 Å². The molecule has 10 heteroatoms. The van der Waals surface area contributed by atoms with Gasteiger partial charge in [0.05, 0.1) is 18.8 Å². The van der Waals surface area contributed by atoms with Crippen molar-refractivity contribution in [1.29, 1.82) is 0 Å². The Balaban J connectivity index is 1.13. The molecule has 2 N–H and O–H groups in total. The highest BCUT2D eigenvalue weighted by Gasteiger charge is 2.30. The van der Waals surface area contributed by atoms with Crippen LogP contribution in [0.1, 0.15) is 73.9 Å². The Kier molecular flexibility index (Phi) is 13.5. The molecule has 2 amide bonds. The normalized spacial score (nSPS) is 14.1. The van der Waals surface area contributed by atoms with Crippen LogP contribution in [0.4, 0.5) is 13.2 Å². The summed E-state index contributed by atoms with van der Waals surface area (Å²) in [7, 11) is 0. The second kappa shape index (κ2) is 17.8. The first kappa shape index (κ1) is 35.8. The molecule has 0 spiro atoms. The van der Waals surface area contributed by atoms with Crippen molar-refractivity contribution >= 4 is 11.8 Å². The number of ether oxygens (including phenoxy) is 2. The van der Waals surface area contributed by atoms with Crippen LogP contribution in [-0.4, -0.2) is 62.1 Å². The Morgan fingerprint density at radius 1 is 0.851 bits per heavy atom. The first-order valence-corrected chi connectivity index (χ1v) is 16.6. The van der Waals surface area contributed by atoms with Gasteiger partial charge in [0.15, 0.2) is 0 Å². The van der Waals surface area contributed by atoms with Gasteiger partial charge in [-0.25, -0.2) is 0 Å². The highest BCUT2D eigenvalue weighted by molar-refractivity contribution is 6.01. The third kappa shape index (κ3) is 10.7. The average Bonchev–Trinajstić information content (AvgIpc) is 3.06. The molecule has 0 unspecified atom stereocenters. The molecule has 1 heterocycles. The summed E-state index contributed by atoms with van der Waals surface area (Å²) in [6.45, 7) is 8.36. The van der Waals surface area contributed by atoms with Crippen LogP contribution in [0, 0.1) is 0 Å². The van der Waals surface area contributed by atoms with E-state index in [2.05, 4.69) is 15.5 Å². The van der Waals surface area contributed by atoms with E-state index in [4.69, 9.17) is 9.47 Å². The molecule has 1 aliphatic rings. The number of hydrogen-bond donors (Lipinski definition) is 2. The lowest BCUT2D eigenvalue weighted by Gasteiger charge is -2.32. The highest BCUT2D eigenvalue weighted by Crippen LogP contribution is 2.32. The third-order valence-electron chi connectivity index (χ3n) is 8.36. The van der Waals surface area contributed by atoms with E-state index in [1.807, 2.05) is 32.0 Å². The molecule has 254 valence electrons. The van der Waals surface area contributed by atoms with Crippen molar-refractivity contribution in [1.82, 2.24) is 15.5 Å². The van der Waals surface area contributed by atoms with E-state index < -0.39 is 11.7 Å². The molecule has 0 saturated carbocycles. The molecule has 1 aliphatic heterocycles. The van der Waals surface area contributed by atoms with E-state index in [0.717, 1.165) is 74.5 Å². The Morgan fingerprint density at radius 2 is 1.51 bits per heavy atom. The van der Waals surface area contributed by atoms with Crippen LogP contribution in [0.25, 0.3) is 11.1 Å². The summed E-state index contributed by atoms with van der Waals surface area (Å²) in [5.41, 5.74) is 1.90. The fraction of sp³-hybridized carbons (Fsp3) is 0.459. The number of halogens is 3. The number of nitrogens with one attached hydrogen (secondary N) is 2. The average molecular weight is 654 g/mol. The van der Waals surface area contributed by atoms with Crippen molar-refractivity contribution in [3.05, 3.63) is 83.4 Å². The van der Waals surface area contributed by atoms with E-state index >= 15 is 0 Å². The van der Waals surface area contributed by atoms with Gasteiger partial charge < -0.3 is 25.0 Å². The Hall–Kier alpha value is -4.05. The number of benzene rings is 3. The molecule has 47 heavy (non-hydrogen) atoms. The standard InChI is InChI=1S/C37H46F3N3O4/c1-3-46-33-14-10-15-34(47-4-2)32(33)13-9-16-35(44)41-23-7-8-24-43-25-21-29(22-26-43)42-36(45)31-12-6-5-11-30(31)27-17-19-28(20-18-27)37(38,39)40/h5-6,10-12,14-15,17-20,29H,3-4,7-9,13,16,21-26H2,1-2H3,(H,41,44)(H,42,45). The molecule has 0 aliphatic carbocycles. The Bertz CT molecular complexity index is 1410. The van der Waals surface area contributed by atoms with Crippen LogP contribution in [-0.2, 0) is 17.4 Å². The van der Waals surface area contributed by atoms with Crippen LogP contribution in [0.15, 0.2) is 66.7 Å². The first-order chi connectivity index (χ1) is 22.7. The van der Waals surface area contributed by atoms with Crippen molar-refractivity contribution in [3.8, 4) is 22.6 Å². The maximum absolute atomic E-state index is 13.2. The minimum Gasteiger partial charge on any atom is -0.493 e. The monoisotopic (exact) mass is 653 g/mol. The summed E-state index contributed by atoms with van der Waals surface area (Å²) in [5, 5.41) is 6.17. The van der Waals surface area contributed by atoms with Crippen molar-refractivity contribution in [2.45, 2.75) is 71.0 Å². The largest absolute Gasteiger partial charge is 0.493 e. The minimum atomic E-state index is -4.41. The van der Waals surface area contributed by atoms with Crippen LogP contribution >= 0.6 is 0 Å². The zero-order valence-corrected chi connectivity index (χ0v) is 27.3. The van der Waals surface area contributed by atoms with Gasteiger partial charge in [0.2, 0.25) is 5.91 Å². The lowest BCUT2D eigenvalue weighted by atomic mass is 9.97. The summed E-state index contributed by atoms with van der Waals surface area (Å²) in [6, 6.07) is 17.7. The number of alkyl halides is 3. The summed E-state index contributed by atoms with van der Waals surface area (Å²) in [4.78, 5) is 28.0. The van der Waals surface area contributed by atoms with Crippen LogP contribution in [0.5, 0.6) is 11.5 Å². The van der Waals surface area contributed by atoms with Gasteiger partial charge in [-0.3, -0.25) is 9.59 Å². The summed E-state index contributed by atoms with van der Waals surface area (Å²) < 4.78 is 50.5. The predicted molar refractivity (Wildman–Crippen MR) is 178 cm³/mol. The Labute approximate surface area is 275 Å². The number of carbonyl (C=O) groups excluding carboxylic acids is 2. The quantitative estimate of drug-likeness (QED) is 0.159. The SMILES string of the molecule is CCOc1cccc(OCC)c1CCCC(=O)NCCCCN1CCC(NC(=O)c2ccccc2-c2ccc(C(F)(F)F)cc2)CC1. The van der Waals surface area contributed by atoms with E-state index in [0.29, 0.717) is 55.7 Å².